The van der Waals surface area contributed by atoms with Gasteiger partial charge in [0.15, 0.2) is 9.84 Å². The third kappa shape index (κ3) is 4.54. The summed E-state index contributed by atoms with van der Waals surface area (Å²) in [5, 5.41) is 6.66. The summed E-state index contributed by atoms with van der Waals surface area (Å²) in [5.41, 5.74) is 1.12. The molecule has 0 amide bonds. The highest BCUT2D eigenvalue weighted by Crippen LogP contribution is 2.24. The summed E-state index contributed by atoms with van der Waals surface area (Å²) in [6.07, 6.45) is 2.65. The molecule has 1 aliphatic heterocycles. The third-order valence-electron chi connectivity index (χ3n) is 3.56. The van der Waals surface area contributed by atoms with Crippen molar-refractivity contribution in [3.8, 4) is 0 Å². The van der Waals surface area contributed by atoms with E-state index in [-0.39, 0.29) is 0 Å². The van der Waals surface area contributed by atoms with Crippen molar-refractivity contribution in [3.63, 3.8) is 0 Å². The molecular formula is C13H22N2O2S2. The lowest BCUT2D eigenvalue weighted by Crippen LogP contribution is -2.33. The van der Waals surface area contributed by atoms with E-state index in [1.807, 2.05) is 6.92 Å². The van der Waals surface area contributed by atoms with Gasteiger partial charge >= 0.3 is 0 Å². The first-order valence-electron chi connectivity index (χ1n) is 6.83. The van der Waals surface area contributed by atoms with Crippen molar-refractivity contribution in [3.05, 3.63) is 16.1 Å². The average Bonchev–Trinajstić information content (AvgIpc) is 2.85. The maximum atomic E-state index is 11.5. The van der Waals surface area contributed by atoms with Crippen molar-refractivity contribution in [1.82, 2.24) is 10.3 Å². The van der Waals surface area contributed by atoms with Crippen LogP contribution < -0.4 is 5.32 Å². The van der Waals surface area contributed by atoms with Crippen LogP contribution in [0.1, 0.15) is 30.5 Å². The Labute approximate surface area is 119 Å². The van der Waals surface area contributed by atoms with Crippen LogP contribution in [0.15, 0.2) is 5.38 Å². The van der Waals surface area contributed by atoms with E-state index < -0.39 is 9.84 Å². The Bertz CT molecular complexity index is 510. The fourth-order valence-electron chi connectivity index (χ4n) is 2.74. The summed E-state index contributed by atoms with van der Waals surface area (Å²) in [4.78, 5) is 4.50. The van der Waals surface area contributed by atoms with Crippen LogP contribution in [0.4, 0.5) is 0 Å². The van der Waals surface area contributed by atoms with E-state index in [2.05, 4.69) is 22.6 Å². The number of rotatable bonds is 6. The van der Waals surface area contributed by atoms with Gasteiger partial charge in [-0.1, -0.05) is 6.92 Å². The lowest BCUT2D eigenvalue weighted by molar-refractivity contribution is 0.407. The molecule has 4 nitrogen and oxygen atoms in total. The zero-order valence-electron chi connectivity index (χ0n) is 11.6. The molecule has 0 radical (unpaired) electrons. The summed E-state index contributed by atoms with van der Waals surface area (Å²) in [7, 11) is -2.77. The number of aromatic nitrogens is 1. The summed E-state index contributed by atoms with van der Waals surface area (Å²) in [6.45, 7) is 5.01. The van der Waals surface area contributed by atoms with E-state index in [1.54, 1.807) is 11.3 Å². The van der Waals surface area contributed by atoms with Crippen molar-refractivity contribution in [2.24, 2.45) is 5.92 Å². The molecule has 1 aromatic heterocycles. The Morgan fingerprint density at radius 3 is 2.89 bits per heavy atom. The number of hydrogen-bond donors (Lipinski definition) is 1. The number of aryl methyl sites for hydroxylation is 1. The van der Waals surface area contributed by atoms with Crippen LogP contribution in [-0.4, -0.2) is 37.5 Å². The molecule has 0 spiro atoms. The topological polar surface area (TPSA) is 59.1 Å². The Kier molecular flexibility index (Phi) is 4.97. The predicted octanol–water partition coefficient (Wildman–Crippen LogP) is 1.80. The molecule has 2 unspecified atom stereocenters. The van der Waals surface area contributed by atoms with Crippen LogP contribution >= 0.6 is 11.3 Å². The van der Waals surface area contributed by atoms with E-state index in [0.717, 1.165) is 36.5 Å². The van der Waals surface area contributed by atoms with Gasteiger partial charge in [-0.2, -0.15) is 0 Å². The van der Waals surface area contributed by atoms with Crippen molar-refractivity contribution in [2.75, 3.05) is 18.1 Å². The van der Waals surface area contributed by atoms with Crippen LogP contribution in [0.25, 0.3) is 0 Å². The Morgan fingerprint density at radius 2 is 2.37 bits per heavy atom. The lowest BCUT2D eigenvalue weighted by atomic mass is 9.96. The van der Waals surface area contributed by atoms with Gasteiger partial charge in [0, 0.05) is 17.8 Å². The maximum absolute atomic E-state index is 11.5. The first-order valence-corrected chi connectivity index (χ1v) is 9.53. The molecule has 1 aliphatic rings. The van der Waals surface area contributed by atoms with Crippen molar-refractivity contribution >= 4 is 21.2 Å². The van der Waals surface area contributed by atoms with Crippen LogP contribution in [0.5, 0.6) is 0 Å². The Hall–Kier alpha value is -0.460. The van der Waals surface area contributed by atoms with Gasteiger partial charge in [0.05, 0.1) is 22.2 Å². The number of sulfone groups is 1. The molecule has 0 bridgehead atoms. The monoisotopic (exact) mass is 302 g/mol. The lowest BCUT2D eigenvalue weighted by Gasteiger charge is -2.20. The molecule has 2 atom stereocenters. The van der Waals surface area contributed by atoms with Gasteiger partial charge < -0.3 is 5.32 Å². The first kappa shape index (κ1) is 14.9. The van der Waals surface area contributed by atoms with Gasteiger partial charge in [-0.05, 0) is 32.2 Å². The molecular weight excluding hydrogens is 280 g/mol. The minimum Gasteiger partial charge on any atom is -0.314 e. The molecule has 0 aromatic carbocycles. The van der Waals surface area contributed by atoms with Gasteiger partial charge in [0.1, 0.15) is 0 Å². The molecule has 0 aliphatic carbocycles. The number of likely N-dealkylation sites (N-methyl/N-ethyl adjacent to an activating group) is 1. The molecule has 19 heavy (non-hydrogen) atoms. The number of nitrogens with one attached hydrogen (secondary N) is 1. The Balaban J connectivity index is 1.93. The molecule has 1 fully saturated rings. The molecule has 1 aromatic rings. The zero-order chi connectivity index (χ0) is 13.9. The summed E-state index contributed by atoms with van der Waals surface area (Å²) in [6, 6.07) is 0.338. The highest BCUT2D eigenvalue weighted by molar-refractivity contribution is 7.91. The largest absolute Gasteiger partial charge is 0.314 e. The van der Waals surface area contributed by atoms with Crippen LogP contribution in [0, 0.1) is 12.8 Å². The normalized spacial score (nSPS) is 23.6. The molecule has 1 N–H and O–H groups in total. The van der Waals surface area contributed by atoms with E-state index in [4.69, 9.17) is 0 Å². The standard InChI is InChI=1S/C13H22N2O2S2/c1-3-14-12(7-13-8-18-10(2)15-13)6-11-4-5-19(16,17)9-11/h8,11-12,14H,3-7,9H2,1-2H3. The fraction of sp³-hybridized carbons (Fsp3) is 0.769. The van der Waals surface area contributed by atoms with E-state index in [1.165, 1.54) is 0 Å². The van der Waals surface area contributed by atoms with Gasteiger partial charge in [-0.15, -0.1) is 11.3 Å². The molecule has 1 saturated heterocycles. The number of hydrogen-bond acceptors (Lipinski definition) is 5. The van der Waals surface area contributed by atoms with E-state index in [9.17, 15) is 8.42 Å². The van der Waals surface area contributed by atoms with Gasteiger partial charge in [0.2, 0.25) is 0 Å². The Morgan fingerprint density at radius 1 is 1.58 bits per heavy atom. The van der Waals surface area contributed by atoms with Crippen LogP contribution in [-0.2, 0) is 16.3 Å². The minimum absolute atomic E-state index is 0.314. The maximum Gasteiger partial charge on any atom is 0.150 e. The third-order valence-corrected chi connectivity index (χ3v) is 6.22. The molecule has 6 heteroatoms. The first-order chi connectivity index (χ1) is 8.98. The number of nitrogens with zero attached hydrogens (tertiary/aromatic N) is 1. The van der Waals surface area contributed by atoms with E-state index >= 15 is 0 Å². The predicted molar refractivity (Wildman–Crippen MR) is 79.4 cm³/mol. The van der Waals surface area contributed by atoms with Crippen molar-refractivity contribution in [1.29, 1.82) is 0 Å². The molecule has 108 valence electrons. The number of thiazole rings is 1. The van der Waals surface area contributed by atoms with Crippen molar-refractivity contribution < 1.29 is 8.42 Å². The second-order valence-corrected chi connectivity index (χ2v) is 8.61. The highest BCUT2D eigenvalue weighted by atomic mass is 32.2. The SMILES string of the molecule is CCNC(Cc1csc(C)n1)CC1CCS(=O)(=O)C1. The van der Waals surface area contributed by atoms with Crippen LogP contribution in [0.2, 0.25) is 0 Å². The van der Waals surface area contributed by atoms with Crippen molar-refractivity contribution in [2.45, 2.75) is 39.2 Å². The quantitative estimate of drug-likeness (QED) is 0.870. The summed E-state index contributed by atoms with van der Waals surface area (Å²) < 4.78 is 23.0. The molecule has 2 heterocycles. The summed E-state index contributed by atoms with van der Waals surface area (Å²) >= 11 is 1.67. The zero-order valence-corrected chi connectivity index (χ0v) is 13.2. The molecule has 0 saturated carbocycles. The fourth-order valence-corrected chi connectivity index (χ4v) is 5.25. The highest BCUT2D eigenvalue weighted by Gasteiger charge is 2.29. The van der Waals surface area contributed by atoms with Crippen LogP contribution in [0.3, 0.4) is 0 Å². The van der Waals surface area contributed by atoms with Gasteiger partial charge in [0.25, 0.3) is 0 Å². The van der Waals surface area contributed by atoms with Gasteiger partial charge in [-0.3, -0.25) is 0 Å². The minimum atomic E-state index is -2.77. The molecule has 2 rings (SSSR count). The second-order valence-electron chi connectivity index (χ2n) is 5.32. The average molecular weight is 302 g/mol. The van der Waals surface area contributed by atoms with E-state index in [0.29, 0.717) is 23.5 Å². The smallest absolute Gasteiger partial charge is 0.150 e. The van der Waals surface area contributed by atoms with Gasteiger partial charge in [-0.25, -0.2) is 13.4 Å². The summed E-state index contributed by atoms with van der Waals surface area (Å²) in [5.74, 6) is 1.05. The second kappa shape index (κ2) is 6.33.